The van der Waals surface area contributed by atoms with Crippen molar-refractivity contribution in [3.05, 3.63) is 72.3 Å². The van der Waals surface area contributed by atoms with Crippen LogP contribution in [0.25, 0.3) is 11.3 Å². The molecular formula is C22H26N4. The third-order valence-electron chi connectivity index (χ3n) is 4.08. The van der Waals surface area contributed by atoms with Gasteiger partial charge in [0.1, 0.15) is 5.82 Å². The Morgan fingerprint density at radius 3 is 2.23 bits per heavy atom. The SMILES string of the molecule is CC(C)CNc1cc(-c2ccccc2)nc(N(C)Cc2ccccc2)n1. The fourth-order valence-electron chi connectivity index (χ4n) is 2.69. The molecule has 0 atom stereocenters. The molecule has 1 N–H and O–H groups in total. The van der Waals surface area contributed by atoms with Gasteiger partial charge in [0.15, 0.2) is 0 Å². The molecule has 0 fully saturated rings. The van der Waals surface area contributed by atoms with Crippen molar-refractivity contribution in [2.24, 2.45) is 5.92 Å². The van der Waals surface area contributed by atoms with Crippen LogP contribution in [-0.2, 0) is 6.54 Å². The Hall–Kier alpha value is -2.88. The van der Waals surface area contributed by atoms with Crippen molar-refractivity contribution in [3.8, 4) is 11.3 Å². The van der Waals surface area contributed by atoms with Crippen LogP contribution in [0.4, 0.5) is 11.8 Å². The summed E-state index contributed by atoms with van der Waals surface area (Å²) < 4.78 is 0. The number of hydrogen-bond donors (Lipinski definition) is 1. The first kappa shape index (κ1) is 17.9. The maximum Gasteiger partial charge on any atom is 0.227 e. The molecule has 26 heavy (non-hydrogen) atoms. The minimum absolute atomic E-state index is 0.552. The van der Waals surface area contributed by atoms with Gasteiger partial charge in [0.25, 0.3) is 0 Å². The summed E-state index contributed by atoms with van der Waals surface area (Å²) in [7, 11) is 2.03. The van der Waals surface area contributed by atoms with Gasteiger partial charge in [-0.15, -0.1) is 0 Å². The van der Waals surface area contributed by atoms with Crippen LogP contribution in [-0.4, -0.2) is 23.6 Å². The zero-order chi connectivity index (χ0) is 18.4. The monoisotopic (exact) mass is 346 g/mol. The Balaban J connectivity index is 1.91. The molecular weight excluding hydrogens is 320 g/mol. The molecule has 0 saturated heterocycles. The molecule has 1 aromatic heterocycles. The molecule has 3 aromatic rings. The van der Waals surface area contributed by atoms with Gasteiger partial charge >= 0.3 is 0 Å². The number of nitrogens with one attached hydrogen (secondary N) is 1. The number of anilines is 2. The van der Waals surface area contributed by atoms with Crippen molar-refractivity contribution < 1.29 is 0 Å². The maximum atomic E-state index is 4.80. The minimum Gasteiger partial charge on any atom is -0.370 e. The Kier molecular flexibility index (Phi) is 5.84. The molecule has 3 rings (SSSR count). The lowest BCUT2D eigenvalue weighted by Gasteiger charge is -2.19. The van der Waals surface area contributed by atoms with Crippen molar-refractivity contribution in [2.75, 3.05) is 23.8 Å². The average Bonchev–Trinajstić information content (AvgIpc) is 2.67. The van der Waals surface area contributed by atoms with Crippen LogP contribution >= 0.6 is 0 Å². The van der Waals surface area contributed by atoms with Gasteiger partial charge in [0.2, 0.25) is 5.95 Å². The Labute approximate surface area is 155 Å². The molecule has 0 bridgehead atoms. The number of aromatic nitrogens is 2. The Morgan fingerprint density at radius 2 is 1.58 bits per heavy atom. The van der Waals surface area contributed by atoms with Gasteiger partial charge in [0.05, 0.1) is 5.69 Å². The molecule has 0 aliphatic rings. The van der Waals surface area contributed by atoms with Crippen LogP contribution in [0.2, 0.25) is 0 Å². The van der Waals surface area contributed by atoms with E-state index < -0.39 is 0 Å². The highest BCUT2D eigenvalue weighted by Crippen LogP contribution is 2.23. The molecule has 0 saturated carbocycles. The summed E-state index contributed by atoms with van der Waals surface area (Å²) >= 11 is 0. The fraction of sp³-hybridized carbons (Fsp3) is 0.273. The average molecular weight is 346 g/mol. The third-order valence-corrected chi connectivity index (χ3v) is 4.08. The fourth-order valence-corrected chi connectivity index (χ4v) is 2.69. The summed E-state index contributed by atoms with van der Waals surface area (Å²) in [6, 6.07) is 22.7. The van der Waals surface area contributed by atoms with E-state index in [1.54, 1.807) is 0 Å². The predicted molar refractivity (Wildman–Crippen MR) is 109 cm³/mol. The number of nitrogens with zero attached hydrogens (tertiary/aromatic N) is 3. The summed E-state index contributed by atoms with van der Waals surface area (Å²) in [6.45, 7) is 6.03. The molecule has 4 nitrogen and oxygen atoms in total. The second kappa shape index (κ2) is 8.48. The van der Waals surface area contributed by atoms with E-state index in [-0.39, 0.29) is 0 Å². The van der Waals surface area contributed by atoms with Gasteiger partial charge in [-0.1, -0.05) is 74.5 Å². The number of benzene rings is 2. The largest absolute Gasteiger partial charge is 0.370 e. The van der Waals surface area contributed by atoms with E-state index in [2.05, 4.69) is 60.5 Å². The van der Waals surface area contributed by atoms with Gasteiger partial charge in [-0.3, -0.25) is 0 Å². The lowest BCUT2D eigenvalue weighted by atomic mass is 10.1. The van der Waals surface area contributed by atoms with E-state index in [4.69, 9.17) is 9.97 Å². The normalized spacial score (nSPS) is 10.8. The van der Waals surface area contributed by atoms with Crippen LogP contribution in [0.1, 0.15) is 19.4 Å². The number of hydrogen-bond acceptors (Lipinski definition) is 4. The third kappa shape index (κ3) is 4.82. The molecule has 0 spiro atoms. The minimum atomic E-state index is 0.552. The first-order valence-corrected chi connectivity index (χ1v) is 9.05. The van der Waals surface area contributed by atoms with Crippen LogP contribution in [0, 0.1) is 5.92 Å². The van der Waals surface area contributed by atoms with E-state index in [1.807, 2.05) is 37.4 Å². The second-order valence-electron chi connectivity index (χ2n) is 6.92. The van der Waals surface area contributed by atoms with Crippen molar-refractivity contribution in [3.63, 3.8) is 0 Å². The van der Waals surface area contributed by atoms with Crippen LogP contribution < -0.4 is 10.2 Å². The lowest BCUT2D eigenvalue weighted by Crippen LogP contribution is -2.20. The van der Waals surface area contributed by atoms with Gasteiger partial charge < -0.3 is 10.2 Å². The molecule has 2 aromatic carbocycles. The van der Waals surface area contributed by atoms with Gasteiger partial charge in [-0.2, -0.15) is 4.98 Å². The van der Waals surface area contributed by atoms with Gasteiger partial charge in [-0.25, -0.2) is 4.98 Å². The van der Waals surface area contributed by atoms with E-state index in [1.165, 1.54) is 5.56 Å². The summed E-state index contributed by atoms with van der Waals surface area (Å²) in [6.07, 6.45) is 0. The maximum absolute atomic E-state index is 4.80. The van der Waals surface area contributed by atoms with E-state index in [0.717, 1.165) is 36.1 Å². The Bertz CT molecular complexity index is 816. The summed E-state index contributed by atoms with van der Waals surface area (Å²) in [4.78, 5) is 11.6. The first-order valence-electron chi connectivity index (χ1n) is 9.05. The zero-order valence-electron chi connectivity index (χ0n) is 15.7. The van der Waals surface area contributed by atoms with Crippen molar-refractivity contribution in [1.29, 1.82) is 0 Å². The van der Waals surface area contributed by atoms with Crippen LogP contribution in [0.15, 0.2) is 66.7 Å². The predicted octanol–water partition coefficient (Wildman–Crippen LogP) is 4.85. The standard InChI is InChI=1S/C22H26N4/c1-17(2)15-23-21-14-20(19-12-8-5-9-13-19)24-22(25-21)26(3)16-18-10-6-4-7-11-18/h4-14,17H,15-16H2,1-3H3,(H,23,24,25). The van der Waals surface area contributed by atoms with Crippen molar-refractivity contribution in [1.82, 2.24) is 9.97 Å². The highest BCUT2D eigenvalue weighted by molar-refractivity contribution is 5.64. The molecule has 134 valence electrons. The summed E-state index contributed by atoms with van der Waals surface area (Å²) in [5.74, 6) is 2.14. The quantitative estimate of drug-likeness (QED) is 0.664. The van der Waals surface area contributed by atoms with Crippen LogP contribution in [0.5, 0.6) is 0 Å². The Morgan fingerprint density at radius 1 is 0.923 bits per heavy atom. The highest BCUT2D eigenvalue weighted by Gasteiger charge is 2.11. The van der Waals surface area contributed by atoms with Gasteiger partial charge in [0, 0.05) is 31.8 Å². The molecule has 0 aliphatic heterocycles. The summed E-state index contributed by atoms with van der Waals surface area (Å²) in [5, 5.41) is 3.44. The second-order valence-corrected chi connectivity index (χ2v) is 6.92. The van der Waals surface area contributed by atoms with E-state index >= 15 is 0 Å². The topological polar surface area (TPSA) is 41.1 Å². The molecule has 4 heteroatoms. The van der Waals surface area contributed by atoms with Crippen molar-refractivity contribution >= 4 is 11.8 Å². The lowest BCUT2D eigenvalue weighted by molar-refractivity contribution is 0.686. The molecule has 1 heterocycles. The molecule has 0 unspecified atom stereocenters. The molecule has 0 aliphatic carbocycles. The molecule has 0 amide bonds. The zero-order valence-corrected chi connectivity index (χ0v) is 15.7. The van der Waals surface area contributed by atoms with Gasteiger partial charge in [-0.05, 0) is 11.5 Å². The summed E-state index contributed by atoms with van der Waals surface area (Å²) in [5.41, 5.74) is 3.26. The highest BCUT2D eigenvalue weighted by atomic mass is 15.2. The smallest absolute Gasteiger partial charge is 0.227 e. The van der Waals surface area contributed by atoms with Crippen LogP contribution in [0.3, 0.4) is 0 Å². The van der Waals surface area contributed by atoms with E-state index in [0.29, 0.717) is 5.92 Å². The molecule has 0 radical (unpaired) electrons. The first-order chi connectivity index (χ1) is 12.6. The number of rotatable bonds is 7. The van der Waals surface area contributed by atoms with Crippen molar-refractivity contribution in [2.45, 2.75) is 20.4 Å². The van der Waals surface area contributed by atoms with E-state index in [9.17, 15) is 0 Å².